The molecule has 0 aromatic heterocycles. The van der Waals surface area contributed by atoms with Crippen LogP contribution in [0.25, 0.3) is 0 Å². The number of rotatable bonds is 3. The maximum absolute atomic E-state index is 11.6. The van der Waals surface area contributed by atoms with Crippen LogP contribution in [0.4, 0.5) is 0 Å². The van der Waals surface area contributed by atoms with Gasteiger partial charge in [0.15, 0.2) is 0 Å². The van der Waals surface area contributed by atoms with Crippen LogP contribution >= 0.6 is 0 Å². The summed E-state index contributed by atoms with van der Waals surface area (Å²) in [6, 6.07) is -0.250. The van der Waals surface area contributed by atoms with Crippen LogP contribution in [0.5, 0.6) is 0 Å². The van der Waals surface area contributed by atoms with Gasteiger partial charge < -0.3 is 14.8 Å². The van der Waals surface area contributed by atoms with Gasteiger partial charge in [-0.3, -0.25) is 4.79 Å². The minimum absolute atomic E-state index is 0.151. The lowest BCUT2D eigenvalue weighted by Crippen LogP contribution is -2.47. The molecule has 1 atom stereocenters. The molecule has 2 rings (SSSR count). The Bertz CT molecular complexity index is 208. The molecule has 1 aliphatic carbocycles. The van der Waals surface area contributed by atoms with Gasteiger partial charge in [-0.1, -0.05) is 12.8 Å². The molecular formula is C11H19NO3. The molecule has 0 bridgehead atoms. The first-order valence-electron chi connectivity index (χ1n) is 5.84. The van der Waals surface area contributed by atoms with E-state index < -0.39 is 0 Å². The summed E-state index contributed by atoms with van der Waals surface area (Å²) < 4.78 is 10.5. The molecule has 0 radical (unpaired) electrons. The SMILES string of the molecule is O=C(OCC1CCCC1)C1COCCN1. The van der Waals surface area contributed by atoms with Gasteiger partial charge in [0.1, 0.15) is 6.04 Å². The lowest BCUT2D eigenvalue weighted by atomic mass is 10.1. The molecule has 86 valence electrons. The lowest BCUT2D eigenvalue weighted by Gasteiger charge is -2.22. The zero-order chi connectivity index (χ0) is 10.5. The Morgan fingerprint density at radius 2 is 2.20 bits per heavy atom. The Morgan fingerprint density at radius 1 is 1.40 bits per heavy atom. The van der Waals surface area contributed by atoms with Crippen molar-refractivity contribution in [2.75, 3.05) is 26.4 Å². The Balaban J connectivity index is 1.66. The van der Waals surface area contributed by atoms with E-state index in [1.54, 1.807) is 0 Å². The molecule has 1 unspecified atom stereocenters. The molecule has 4 nitrogen and oxygen atoms in total. The first kappa shape index (κ1) is 10.9. The molecule has 1 N–H and O–H groups in total. The van der Waals surface area contributed by atoms with Crippen molar-refractivity contribution < 1.29 is 14.3 Å². The van der Waals surface area contributed by atoms with E-state index in [1.165, 1.54) is 25.7 Å². The van der Waals surface area contributed by atoms with Crippen molar-refractivity contribution in [1.82, 2.24) is 5.32 Å². The molecule has 0 spiro atoms. The third-order valence-corrected chi connectivity index (χ3v) is 3.14. The summed E-state index contributed by atoms with van der Waals surface area (Å²) >= 11 is 0. The van der Waals surface area contributed by atoms with Crippen LogP contribution in [0.1, 0.15) is 25.7 Å². The zero-order valence-electron chi connectivity index (χ0n) is 9.04. The summed E-state index contributed by atoms with van der Waals surface area (Å²) in [5, 5.41) is 3.09. The highest BCUT2D eigenvalue weighted by Gasteiger charge is 2.24. The van der Waals surface area contributed by atoms with Gasteiger partial charge in [-0.05, 0) is 18.8 Å². The van der Waals surface area contributed by atoms with Crippen molar-refractivity contribution >= 4 is 5.97 Å². The molecule has 1 aliphatic heterocycles. The van der Waals surface area contributed by atoms with Crippen molar-refractivity contribution in [3.05, 3.63) is 0 Å². The number of carbonyl (C=O) groups excluding carboxylic acids is 1. The van der Waals surface area contributed by atoms with Crippen LogP contribution in [0.2, 0.25) is 0 Å². The zero-order valence-corrected chi connectivity index (χ0v) is 9.04. The highest BCUT2D eigenvalue weighted by molar-refractivity contribution is 5.76. The maximum Gasteiger partial charge on any atom is 0.325 e. The van der Waals surface area contributed by atoms with Gasteiger partial charge in [-0.2, -0.15) is 0 Å². The molecule has 1 saturated heterocycles. The van der Waals surface area contributed by atoms with Crippen molar-refractivity contribution in [2.45, 2.75) is 31.7 Å². The van der Waals surface area contributed by atoms with Gasteiger partial charge in [0.25, 0.3) is 0 Å². The Kier molecular flexibility index (Phi) is 3.97. The van der Waals surface area contributed by atoms with E-state index in [0.717, 1.165) is 6.54 Å². The quantitative estimate of drug-likeness (QED) is 0.701. The summed E-state index contributed by atoms with van der Waals surface area (Å²) in [4.78, 5) is 11.6. The van der Waals surface area contributed by atoms with Gasteiger partial charge in [0.2, 0.25) is 0 Å². The molecule has 15 heavy (non-hydrogen) atoms. The largest absolute Gasteiger partial charge is 0.464 e. The van der Waals surface area contributed by atoms with Gasteiger partial charge in [0.05, 0.1) is 19.8 Å². The Hall–Kier alpha value is -0.610. The van der Waals surface area contributed by atoms with Crippen LogP contribution in [0.15, 0.2) is 0 Å². The average Bonchev–Trinajstić information content (AvgIpc) is 2.80. The van der Waals surface area contributed by atoms with Crippen LogP contribution in [0.3, 0.4) is 0 Å². The number of hydrogen-bond donors (Lipinski definition) is 1. The fraction of sp³-hybridized carbons (Fsp3) is 0.909. The standard InChI is InChI=1S/C11H19NO3/c13-11(10-8-14-6-5-12-10)15-7-9-3-1-2-4-9/h9-10,12H,1-8H2. The highest BCUT2D eigenvalue weighted by Crippen LogP contribution is 2.24. The van der Waals surface area contributed by atoms with Gasteiger partial charge in [0, 0.05) is 6.54 Å². The van der Waals surface area contributed by atoms with E-state index >= 15 is 0 Å². The summed E-state index contributed by atoms with van der Waals surface area (Å²) in [6.07, 6.45) is 4.99. The summed E-state index contributed by atoms with van der Waals surface area (Å²) in [6.45, 7) is 2.47. The van der Waals surface area contributed by atoms with Crippen LogP contribution in [-0.2, 0) is 14.3 Å². The van der Waals surface area contributed by atoms with Crippen molar-refractivity contribution in [1.29, 1.82) is 0 Å². The minimum Gasteiger partial charge on any atom is -0.464 e. The molecule has 2 fully saturated rings. The molecule has 1 saturated carbocycles. The van der Waals surface area contributed by atoms with Crippen LogP contribution in [0, 0.1) is 5.92 Å². The minimum atomic E-state index is -0.250. The summed E-state index contributed by atoms with van der Waals surface area (Å²) in [7, 11) is 0. The summed E-state index contributed by atoms with van der Waals surface area (Å²) in [5.41, 5.74) is 0. The second-order valence-corrected chi connectivity index (χ2v) is 4.36. The monoisotopic (exact) mass is 213 g/mol. The van der Waals surface area contributed by atoms with Crippen molar-refractivity contribution in [3.8, 4) is 0 Å². The molecule has 2 aliphatic rings. The first-order valence-corrected chi connectivity index (χ1v) is 5.84. The molecule has 0 amide bonds. The van der Waals surface area contributed by atoms with Gasteiger partial charge >= 0.3 is 5.97 Å². The molecule has 0 aromatic carbocycles. The van der Waals surface area contributed by atoms with E-state index in [9.17, 15) is 4.79 Å². The lowest BCUT2D eigenvalue weighted by molar-refractivity contribution is -0.150. The van der Waals surface area contributed by atoms with E-state index in [1.807, 2.05) is 0 Å². The second kappa shape index (κ2) is 5.47. The fourth-order valence-corrected chi connectivity index (χ4v) is 2.19. The molecule has 4 heteroatoms. The van der Waals surface area contributed by atoms with Gasteiger partial charge in [-0.25, -0.2) is 0 Å². The van der Waals surface area contributed by atoms with E-state index in [-0.39, 0.29) is 12.0 Å². The fourth-order valence-electron chi connectivity index (χ4n) is 2.19. The predicted molar refractivity (Wildman–Crippen MR) is 55.5 cm³/mol. The molecule has 1 heterocycles. The maximum atomic E-state index is 11.6. The average molecular weight is 213 g/mol. The first-order chi connectivity index (χ1) is 7.36. The number of morpholine rings is 1. The van der Waals surface area contributed by atoms with E-state index in [2.05, 4.69) is 5.32 Å². The Labute approximate surface area is 90.3 Å². The van der Waals surface area contributed by atoms with Crippen molar-refractivity contribution in [2.24, 2.45) is 5.92 Å². The smallest absolute Gasteiger partial charge is 0.325 e. The number of ether oxygens (including phenoxy) is 2. The van der Waals surface area contributed by atoms with Gasteiger partial charge in [-0.15, -0.1) is 0 Å². The second-order valence-electron chi connectivity index (χ2n) is 4.36. The summed E-state index contributed by atoms with van der Waals surface area (Å²) in [5.74, 6) is 0.444. The predicted octanol–water partition coefficient (Wildman–Crippen LogP) is 0.708. The van der Waals surface area contributed by atoms with E-state index in [4.69, 9.17) is 9.47 Å². The Morgan fingerprint density at radius 3 is 2.87 bits per heavy atom. The number of nitrogens with one attached hydrogen (secondary N) is 1. The molecular weight excluding hydrogens is 194 g/mol. The van der Waals surface area contributed by atoms with E-state index in [0.29, 0.717) is 25.7 Å². The third-order valence-electron chi connectivity index (χ3n) is 3.14. The molecule has 0 aromatic rings. The normalized spacial score (nSPS) is 27.9. The highest BCUT2D eigenvalue weighted by atomic mass is 16.5. The third kappa shape index (κ3) is 3.18. The van der Waals surface area contributed by atoms with Crippen LogP contribution < -0.4 is 5.32 Å². The number of carbonyl (C=O) groups is 1. The van der Waals surface area contributed by atoms with Crippen molar-refractivity contribution in [3.63, 3.8) is 0 Å². The number of hydrogen-bond acceptors (Lipinski definition) is 4. The van der Waals surface area contributed by atoms with Crippen LogP contribution in [-0.4, -0.2) is 38.4 Å². The topological polar surface area (TPSA) is 47.6 Å². The number of esters is 1.